The molecule has 0 aliphatic carbocycles. The van der Waals surface area contributed by atoms with Gasteiger partial charge in [-0.1, -0.05) is 18.2 Å². The van der Waals surface area contributed by atoms with E-state index in [2.05, 4.69) is 19.4 Å². The second-order valence-corrected chi connectivity index (χ2v) is 5.01. The maximum Gasteiger partial charge on any atom is 0.497 e. The molecule has 1 heterocycles. The highest BCUT2D eigenvalue weighted by atomic mass is 31.2. The molecular formula is C9H12N3O4P. The van der Waals surface area contributed by atoms with Crippen molar-refractivity contribution < 1.29 is 18.2 Å². The smallest absolute Gasteiger partial charge is 0.289 e. The molecule has 1 aromatic carbocycles. The van der Waals surface area contributed by atoms with Gasteiger partial charge in [-0.2, -0.15) is 0 Å². The molecular weight excluding hydrogens is 245 g/mol. The number of hydrogen-bond donors (Lipinski definition) is 0. The molecule has 0 spiro atoms. The number of rotatable bonds is 4. The molecule has 0 fully saturated rings. The van der Waals surface area contributed by atoms with Crippen molar-refractivity contribution in [3.63, 3.8) is 0 Å². The van der Waals surface area contributed by atoms with Crippen LogP contribution in [0, 0.1) is 0 Å². The predicted molar refractivity (Wildman–Crippen MR) is 59.2 cm³/mol. The molecule has 1 aliphatic heterocycles. The van der Waals surface area contributed by atoms with Crippen LogP contribution in [-0.4, -0.2) is 19.4 Å². The minimum atomic E-state index is -3.59. The van der Waals surface area contributed by atoms with E-state index in [9.17, 15) is 4.57 Å². The maximum atomic E-state index is 11.7. The highest BCUT2D eigenvalue weighted by Gasteiger charge is 2.29. The molecule has 17 heavy (non-hydrogen) atoms. The summed E-state index contributed by atoms with van der Waals surface area (Å²) in [4.78, 5) is 0. The normalized spacial score (nSPS) is 14.8. The lowest BCUT2D eigenvalue weighted by atomic mass is 10.2. The Labute approximate surface area is 98.5 Å². The Morgan fingerprint density at radius 1 is 1.29 bits per heavy atom. The second kappa shape index (κ2) is 4.93. The standard InChI is InChI=1S/C9H12N3O4P/c1-14-17(13,15-2)16-12-7-8-5-3-4-6-9(8)10-11-12/h3-6H,7H2,1-2H3. The summed E-state index contributed by atoms with van der Waals surface area (Å²) < 4.78 is 26.0. The van der Waals surface area contributed by atoms with Crippen molar-refractivity contribution in [2.75, 3.05) is 14.2 Å². The Morgan fingerprint density at radius 3 is 2.71 bits per heavy atom. The zero-order valence-corrected chi connectivity index (χ0v) is 10.3. The summed E-state index contributed by atoms with van der Waals surface area (Å²) >= 11 is 0. The predicted octanol–water partition coefficient (Wildman–Crippen LogP) is 2.83. The van der Waals surface area contributed by atoms with Crippen molar-refractivity contribution in [1.82, 2.24) is 5.17 Å². The van der Waals surface area contributed by atoms with E-state index in [4.69, 9.17) is 4.62 Å². The van der Waals surface area contributed by atoms with Gasteiger partial charge in [-0.3, -0.25) is 9.05 Å². The molecule has 0 aromatic heterocycles. The first kappa shape index (κ1) is 12.2. The summed E-state index contributed by atoms with van der Waals surface area (Å²) in [6.45, 7) is 0.330. The average molecular weight is 257 g/mol. The van der Waals surface area contributed by atoms with Gasteiger partial charge in [0, 0.05) is 19.8 Å². The van der Waals surface area contributed by atoms with Crippen LogP contribution >= 0.6 is 7.82 Å². The lowest BCUT2D eigenvalue weighted by Crippen LogP contribution is -2.18. The van der Waals surface area contributed by atoms with Crippen molar-refractivity contribution in [2.24, 2.45) is 10.3 Å². The molecule has 92 valence electrons. The van der Waals surface area contributed by atoms with Crippen LogP contribution in [-0.2, 0) is 24.8 Å². The van der Waals surface area contributed by atoms with Gasteiger partial charge in [-0.05, 0) is 11.3 Å². The van der Waals surface area contributed by atoms with E-state index in [-0.39, 0.29) is 0 Å². The van der Waals surface area contributed by atoms with Gasteiger partial charge in [-0.15, -0.1) is 14.9 Å². The summed E-state index contributed by atoms with van der Waals surface area (Å²) in [5, 5.41) is 8.76. The molecule has 1 aliphatic rings. The minimum absolute atomic E-state index is 0.330. The number of nitrogens with zero attached hydrogens (tertiary/aromatic N) is 3. The number of hydrogen-bond acceptors (Lipinski definition) is 7. The first-order valence-corrected chi connectivity index (χ1v) is 6.31. The molecule has 0 radical (unpaired) electrons. The van der Waals surface area contributed by atoms with Crippen LogP contribution < -0.4 is 0 Å². The third-order valence-electron chi connectivity index (χ3n) is 2.19. The summed E-state index contributed by atoms with van der Waals surface area (Å²) in [6, 6.07) is 7.46. The van der Waals surface area contributed by atoms with E-state index in [1.54, 1.807) is 0 Å². The van der Waals surface area contributed by atoms with Gasteiger partial charge in [0.15, 0.2) is 0 Å². The Hall–Kier alpha value is -1.27. The summed E-state index contributed by atoms with van der Waals surface area (Å²) in [5.74, 6) is 0. The van der Waals surface area contributed by atoms with E-state index in [0.717, 1.165) is 16.4 Å². The van der Waals surface area contributed by atoms with Gasteiger partial charge in [0.1, 0.15) is 0 Å². The summed E-state index contributed by atoms with van der Waals surface area (Å²) in [5.41, 5.74) is 1.68. The monoisotopic (exact) mass is 257 g/mol. The van der Waals surface area contributed by atoms with Gasteiger partial charge in [0.05, 0.1) is 12.2 Å². The van der Waals surface area contributed by atoms with Crippen molar-refractivity contribution in [3.8, 4) is 0 Å². The second-order valence-electron chi connectivity index (χ2n) is 3.22. The minimum Gasteiger partial charge on any atom is -0.289 e. The Kier molecular flexibility index (Phi) is 3.54. The molecule has 1 aromatic rings. The van der Waals surface area contributed by atoms with E-state index in [1.165, 1.54) is 14.2 Å². The first-order chi connectivity index (χ1) is 8.17. The van der Waals surface area contributed by atoms with Crippen molar-refractivity contribution in [2.45, 2.75) is 6.54 Å². The quantitative estimate of drug-likeness (QED) is 0.775. The maximum absolute atomic E-state index is 11.7. The van der Waals surface area contributed by atoms with E-state index >= 15 is 0 Å². The van der Waals surface area contributed by atoms with Crippen LogP contribution in [0.15, 0.2) is 34.6 Å². The molecule has 8 heteroatoms. The first-order valence-electron chi connectivity index (χ1n) is 4.85. The average Bonchev–Trinajstić information content (AvgIpc) is 2.38. The van der Waals surface area contributed by atoms with Crippen LogP contribution in [0.2, 0.25) is 0 Å². The van der Waals surface area contributed by atoms with Crippen molar-refractivity contribution >= 4 is 13.5 Å². The van der Waals surface area contributed by atoms with Crippen LogP contribution in [0.4, 0.5) is 5.69 Å². The molecule has 0 atom stereocenters. The van der Waals surface area contributed by atoms with Crippen LogP contribution in [0.3, 0.4) is 0 Å². The molecule has 0 bridgehead atoms. The van der Waals surface area contributed by atoms with E-state index < -0.39 is 7.82 Å². The Bertz CT molecular complexity index is 471. The fourth-order valence-electron chi connectivity index (χ4n) is 1.32. The Morgan fingerprint density at radius 2 is 2.00 bits per heavy atom. The van der Waals surface area contributed by atoms with Gasteiger partial charge in [-0.25, -0.2) is 4.57 Å². The molecule has 0 amide bonds. The summed E-state index contributed by atoms with van der Waals surface area (Å²) in [7, 11) is -1.12. The van der Waals surface area contributed by atoms with Crippen molar-refractivity contribution in [3.05, 3.63) is 29.8 Å². The number of fused-ring (bicyclic) bond motifs is 1. The molecule has 2 rings (SSSR count). The van der Waals surface area contributed by atoms with Crippen LogP contribution in [0.5, 0.6) is 0 Å². The topological polar surface area (TPSA) is 72.7 Å². The number of benzene rings is 1. The van der Waals surface area contributed by atoms with E-state index in [1.807, 2.05) is 24.3 Å². The fraction of sp³-hybridized carbons (Fsp3) is 0.333. The van der Waals surface area contributed by atoms with Crippen LogP contribution in [0.25, 0.3) is 0 Å². The highest BCUT2D eigenvalue weighted by molar-refractivity contribution is 7.48. The third-order valence-corrected chi connectivity index (χ3v) is 3.47. The lowest BCUT2D eigenvalue weighted by Gasteiger charge is -2.23. The number of phosphoric acid groups is 1. The van der Waals surface area contributed by atoms with Gasteiger partial charge in [0.2, 0.25) is 0 Å². The highest BCUT2D eigenvalue weighted by Crippen LogP contribution is 2.49. The zero-order valence-electron chi connectivity index (χ0n) is 9.44. The third kappa shape index (κ3) is 2.70. The molecule has 0 unspecified atom stereocenters. The largest absolute Gasteiger partial charge is 0.497 e. The van der Waals surface area contributed by atoms with Crippen molar-refractivity contribution in [1.29, 1.82) is 0 Å². The zero-order chi connectivity index (χ0) is 12.3. The number of phosphoric ester groups is 1. The molecule has 7 nitrogen and oxygen atoms in total. The summed E-state index contributed by atoms with van der Waals surface area (Å²) in [6.07, 6.45) is 0. The number of hydroxylamine groups is 1. The van der Waals surface area contributed by atoms with Gasteiger partial charge >= 0.3 is 7.82 Å². The molecule has 0 saturated heterocycles. The molecule has 0 N–H and O–H groups in total. The Balaban J connectivity index is 2.11. The van der Waals surface area contributed by atoms with Gasteiger partial charge in [0.25, 0.3) is 0 Å². The van der Waals surface area contributed by atoms with E-state index in [0.29, 0.717) is 6.54 Å². The lowest BCUT2D eigenvalue weighted by molar-refractivity contribution is -0.103. The SMILES string of the molecule is COP(=O)(OC)ON1Cc2ccccc2N=N1. The van der Waals surface area contributed by atoms with Gasteiger partial charge < -0.3 is 0 Å². The molecule has 0 saturated carbocycles. The van der Waals surface area contributed by atoms with Crippen LogP contribution in [0.1, 0.15) is 5.56 Å². The fourth-order valence-corrected chi connectivity index (χ4v) is 1.92.